The van der Waals surface area contributed by atoms with Crippen LogP contribution in [0.25, 0.3) is 0 Å². The maximum atomic E-state index is 13.0. The third kappa shape index (κ3) is 4.88. The largest absolute Gasteiger partial charge is 0.405 e. The Bertz CT molecular complexity index is 673. The van der Waals surface area contributed by atoms with Crippen molar-refractivity contribution in [3.05, 3.63) is 29.3 Å². The van der Waals surface area contributed by atoms with Gasteiger partial charge in [-0.1, -0.05) is 6.92 Å². The fraction of sp³-hybridized carbons (Fsp3) is 0.438. The van der Waals surface area contributed by atoms with Gasteiger partial charge in [0.15, 0.2) is 0 Å². The fourth-order valence-corrected chi connectivity index (χ4v) is 2.31. The molecule has 0 spiro atoms. The molecule has 1 N–H and O–H groups in total. The van der Waals surface area contributed by atoms with Crippen LogP contribution in [0.2, 0.25) is 0 Å². The molecule has 8 heteroatoms. The van der Waals surface area contributed by atoms with Gasteiger partial charge in [-0.15, -0.1) is 0 Å². The van der Waals surface area contributed by atoms with Gasteiger partial charge in [0, 0.05) is 12.2 Å². The van der Waals surface area contributed by atoms with Crippen LogP contribution in [-0.2, 0) is 4.79 Å². The van der Waals surface area contributed by atoms with Crippen molar-refractivity contribution in [2.75, 3.05) is 18.0 Å². The van der Waals surface area contributed by atoms with E-state index < -0.39 is 24.7 Å². The Hall–Kier alpha value is -2.74. The molecule has 5 nitrogen and oxygen atoms in total. The molecule has 128 valence electrons. The average Bonchev–Trinajstić information content (AvgIpc) is 2.53. The highest BCUT2D eigenvalue weighted by Gasteiger charge is 2.36. The standard InChI is InChI=1S/C16H17F3N4O/c1-3-14(15(24)22-4-2)23(10-16(17,18)19)13-6-5-11(8-20)12(7-13)9-21/h5-7,14H,3-4,10H2,1-2H3,(H,22,24). The Morgan fingerprint density at radius 3 is 2.33 bits per heavy atom. The summed E-state index contributed by atoms with van der Waals surface area (Å²) in [5, 5.41) is 20.5. The second-order valence-corrected chi connectivity index (χ2v) is 5.02. The van der Waals surface area contributed by atoms with E-state index in [1.807, 2.05) is 0 Å². The number of likely N-dealkylation sites (N-methyl/N-ethyl adjacent to an activating group) is 1. The zero-order valence-electron chi connectivity index (χ0n) is 13.3. The van der Waals surface area contributed by atoms with Crippen LogP contribution in [-0.4, -0.2) is 31.2 Å². The van der Waals surface area contributed by atoms with E-state index in [1.54, 1.807) is 26.0 Å². The molecule has 0 bridgehead atoms. The lowest BCUT2D eigenvalue weighted by Gasteiger charge is -2.33. The van der Waals surface area contributed by atoms with E-state index in [1.165, 1.54) is 18.2 Å². The minimum Gasteiger partial charge on any atom is -0.355 e. The molecule has 0 aliphatic rings. The van der Waals surface area contributed by atoms with Crippen molar-refractivity contribution in [2.24, 2.45) is 0 Å². The van der Waals surface area contributed by atoms with Gasteiger partial charge in [0.1, 0.15) is 24.7 Å². The van der Waals surface area contributed by atoms with E-state index in [0.29, 0.717) is 6.54 Å². The molecule has 1 aromatic carbocycles. The van der Waals surface area contributed by atoms with Crippen LogP contribution >= 0.6 is 0 Å². The van der Waals surface area contributed by atoms with Gasteiger partial charge in [0.2, 0.25) is 5.91 Å². The van der Waals surface area contributed by atoms with Crippen molar-refractivity contribution in [3.63, 3.8) is 0 Å². The maximum absolute atomic E-state index is 13.0. The second-order valence-electron chi connectivity index (χ2n) is 5.02. The summed E-state index contributed by atoms with van der Waals surface area (Å²) < 4.78 is 38.9. The molecule has 1 atom stereocenters. The Labute approximate surface area is 138 Å². The van der Waals surface area contributed by atoms with Crippen LogP contribution in [0.4, 0.5) is 18.9 Å². The number of alkyl halides is 3. The fourth-order valence-electron chi connectivity index (χ4n) is 2.31. The molecule has 0 saturated heterocycles. The topological polar surface area (TPSA) is 79.9 Å². The Morgan fingerprint density at radius 2 is 1.88 bits per heavy atom. The summed E-state index contributed by atoms with van der Waals surface area (Å²) >= 11 is 0. The molecule has 0 aliphatic heterocycles. The second kappa shape index (κ2) is 8.21. The zero-order chi connectivity index (χ0) is 18.3. The molecule has 0 saturated carbocycles. The zero-order valence-corrected chi connectivity index (χ0v) is 13.3. The third-order valence-corrected chi connectivity index (χ3v) is 3.34. The van der Waals surface area contributed by atoms with Crippen molar-refractivity contribution < 1.29 is 18.0 Å². The van der Waals surface area contributed by atoms with Crippen LogP contribution in [0.1, 0.15) is 31.4 Å². The molecular formula is C16H17F3N4O. The van der Waals surface area contributed by atoms with Crippen LogP contribution < -0.4 is 10.2 Å². The normalized spacial score (nSPS) is 12.0. The summed E-state index contributed by atoms with van der Waals surface area (Å²) in [5.41, 5.74) is 0.105. The van der Waals surface area contributed by atoms with Gasteiger partial charge in [-0.3, -0.25) is 4.79 Å². The Balaban J connectivity index is 3.35. The average molecular weight is 338 g/mol. The summed E-state index contributed by atoms with van der Waals surface area (Å²) in [6.45, 7) is 2.25. The Morgan fingerprint density at radius 1 is 1.25 bits per heavy atom. The maximum Gasteiger partial charge on any atom is 0.405 e. The highest BCUT2D eigenvalue weighted by Crippen LogP contribution is 2.27. The number of carbonyl (C=O) groups is 1. The number of nitrogens with one attached hydrogen (secondary N) is 1. The first-order valence-electron chi connectivity index (χ1n) is 7.32. The SMILES string of the molecule is CCNC(=O)C(CC)N(CC(F)(F)F)c1ccc(C#N)c(C#N)c1. The van der Waals surface area contributed by atoms with Crippen molar-refractivity contribution in [2.45, 2.75) is 32.5 Å². The highest BCUT2D eigenvalue weighted by molar-refractivity contribution is 5.85. The van der Waals surface area contributed by atoms with Crippen LogP contribution in [0.3, 0.4) is 0 Å². The van der Waals surface area contributed by atoms with E-state index in [0.717, 1.165) is 4.90 Å². The molecule has 24 heavy (non-hydrogen) atoms. The first-order chi connectivity index (χ1) is 11.3. The van der Waals surface area contributed by atoms with Crippen LogP contribution in [0.15, 0.2) is 18.2 Å². The van der Waals surface area contributed by atoms with E-state index in [4.69, 9.17) is 10.5 Å². The number of hydrogen-bond acceptors (Lipinski definition) is 4. The Kier molecular flexibility index (Phi) is 6.60. The first kappa shape index (κ1) is 19.3. The molecule has 0 heterocycles. The molecule has 0 aromatic heterocycles. The number of rotatable bonds is 6. The summed E-state index contributed by atoms with van der Waals surface area (Å²) in [6.07, 6.45) is -4.37. The van der Waals surface area contributed by atoms with Gasteiger partial charge < -0.3 is 10.2 Å². The lowest BCUT2D eigenvalue weighted by Crippen LogP contribution is -2.50. The number of hydrogen-bond donors (Lipinski definition) is 1. The monoisotopic (exact) mass is 338 g/mol. The molecule has 1 unspecified atom stereocenters. The number of benzene rings is 1. The summed E-state index contributed by atoms with van der Waals surface area (Å²) in [6, 6.07) is 6.35. The molecular weight excluding hydrogens is 321 g/mol. The highest BCUT2D eigenvalue weighted by atomic mass is 19.4. The number of carbonyl (C=O) groups excluding carboxylic acids is 1. The van der Waals surface area contributed by atoms with Gasteiger partial charge in [0.05, 0.1) is 11.1 Å². The molecule has 1 aromatic rings. The van der Waals surface area contributed by atoms with Gasteiger partial charge in [-0.05, 0) is 31.5 Å². The van der Waals surface area contributed by atoms with Crippen molar-refractivity contribution in [1.82, 2.24) is 5.32 Å². The van der Waals surface area contributed by atoms with Crippen molar-refractivity contribution in [3.8, 4) is 12.1 Å². The minimum absolute atomic E-state index is 0.0343. The van der Waals surface area contributed by atoms with Gasteiger partial charge in [-0.2, -0.15) is 23.7 Å². The minimum atomic E-state index is -4.53. The van der Waals surface area contributed by atoms with Gasteiger partial charge in [0.25, 0.3) is 0 Å². The van der Waals surface area contributed by atoms with Crippen LogP contribution in [0, 0.1) is 22.7 Å². The van der Waals surface area contributed by atoms with E-state index in [-0.39, 0.29) is 23.2 Å². The lowest BCUT2D eigenvalue weighted by molar-refractivity contribution is -0.127. The number of amides is 1. The third-order valence-electron chi connectivity index (χ3n) is 3.34. The molecule has 0 fully saturated rings. The molecule has 1 rings (SSSR count). The number of anilines is 1. The smallest absolute Gasteiger partial charge is 0.355 e. The summed E-state index contributed by atoms with van der Waals surface area (Å²) in [7, 11) is 0. The van der Waals surface area contributed by atoms with Crippen molar-refractivity contribution >= 4 is 11.6 Å². The predicted octanol–water partition coefficient (Wildman–Crippen LogP) is 2.71. The molecule has 0 aliphatic carbocycles. The first-order valence-corrected chi connectivity index (χ1v) is 7.32. The quantitative estimate of drug-likeness (QED) is 0.865. The number of nitrogens with zero attached hydrogens (tertiary/aromatic N) is 3. The predicted molar refractivity (Wildman–Crippen MR) is 82.0 cm³/mol. The summed E-state index contributed by atoms with van der Waals surface area (Å²) in [4.78, 5) is 13.0. The summed E-state index contributed by atoms with van der Waals surface area (Å²) in [5.74, 6) is -0.521. The van der Waals surface area contributed by atoms with Gasteiger partial charge >= 0.3 is 6.18 Å². The van der Waals surface area contributed by atoms with E-state index in [2.05, 4.69) is 5.32 Å². The lowest BCUT2D eigenvalue weighted by atomic mass is 10.1. The van der Waals surface area contributed by atoms with Gasteiger partial charge in [-0.25, -0.2) is 0 Å². The van der Waals surface area contributed by atoms with Crippen molar-refractivity contribution in [1.29, 1.82) is 10.5 Å². The number of nitriles is 2. The van der Waals surface area contributed by atoms with E-state index >= 15 is 0 Å². The van der Waals surface area contributed by atoms with Crippen LogP contribution in [0.5, 0.6) is 0 Å². The van der Waals surface area contributed by atoms with E-state index in [9.17, 15) is 18.0 Å². The molecule has 0 radical (unpaired) electrons. The molecule has 1 amide bonds. The number of halogens is 3.